The Balaban J connectivity index is 3.08. The molecule has 0 unspecified atom stereocenters. The average Bonchev–Trinajstić information content (AvgIpc) is 2.25. The van der Waals surface area contributed by atoms with Crippen molar-refractivity contribution in [2.24, 2.45) is 5.73 Å². The van der Waals surface area contributed by atoms with Crippen LogP contribution in [-0.2, 0) is 6.54 Å². The topological polar surface area (TPSA) is 124 Å². The molecule has 0 atom stereocenters. The third-order valence-corrected chi connectivity index (χ3v) is 2.00. The second-order valence-corrected chi connectivity index (χ2v) is 3.53. The minimum Gasteiger partial charge on any atom is -0.376 e. The van der Waals surface area contributed by atoms with Gasteiger partial charge in [-0.25, -0.2) is 0 Å². The maximum absolute atomic E-state index is 10.6. The lowest BCUT2D eigenvalue weighted by atomic mass is 10.2. The number of nitro benzene ring substituents is 2. The van der Waals surface area contributed by atoms with E-state index in [0.29, 0.717) is 5.56 Å². The zero-order chi connectivity index (χ0) is 13.0. The summed E-state index contributed by atoms with van der Waals surface area (Å²) in [6.45, 7) is 0.0951. The first kappa shape index (κ1) is 12.8. The molecular weight excluding hydrogens is 248 g/mol. The van der Waals surface area contributed by atoms with Crippen molar-refractivity contribution in [2.45, 2.75) is 6.54 Å². The number of rotatable bonds is 4. The van der Waals surface area contributed by atoms with Crippen molar-refractivity contribution in [1.29, 1.82) is 0 Å². The number of nitrogens with zero attached hydrogens (tertiary/aromatic N) is 2. The molecular formula is C8H8N4O4S. The molecule has 17 heavy (non-hydrogen) atoms. The number of non-ortho nitro benzene ring substituents is 2. The molecule has 0 aliphatic rings. The Morgan fingerprint density at radius 2 is 1.71 bits per heavy atom. The molecule has 3 N–H and O–H groups in total. The molecule has 0 saturated heterocycles. The maximum atomic E-state index is 10.6. The van der Waals surface area contributed by atoms with Crippen LogP contribution in [0, 0.1) is 20.2 Å². The zero-order valence-electron chi connectivity index (χ0n) is 8.45. The van der Waals surface area contributed by atoms with Gasteiger partial charge in [0.1, 0.15) is 0 Å². The van der Waals surface area contributed by atoms with Crippen LogP contribution in [0.25, 0.3) is 0 Å². The van der Waals surface area contributed by atoms with Gasteiger partial charge in [-0.1, -0.05) is 0 Å². The van der Waals surface area contributed by atoms with E-state index in [1.54, 1.807) is 0 Å². The van der Waals surface area contributed by atoms with Crippen molar-refractivity contribution in [2.75, 3.05) is 0 Å². The van der Waals surface area contributed by atoms with Crippen molar-refractivity contribution in [3.05, 3.63) is 44.0 Å². The number of hydrogen-bond donors (Lipinski definition) is 2. The molecule has 0 amide bonds. The van der Waals surface area contributed by atoms with E-state index in [1.165, 1.54) is 12.1 Å². The van der Waals surface area contributed by atoms with E-state index in [-0.39, 0.29) is 23.0 Å². The SMILES string of the molecule is NC(=S)NCc1cc([N+](=O)[O-])cc([N+](=O)[O-])c1. The van der Waals surface area contributed by atoms with E-state index in [0.717, 1.165) is 6.07 Å². The molecule has 0 aliphatic heterocycles. The number of thiocarbonyl (C=S) groups is 1. The molecule has 1 aromatic rings. The Kier molecular flexibility index (Phi) is 3.88. The van der Waals surface area contributed by atoms with Crippen LogP contribution in [0.3, 0.4) is 0 Å². The van der Waals surface area contributed by atoms with Crippen molar-refractivity contribution in [3.63, 3.8) is 0 Å². The van der Waals surface area contributed by atoms with Gasteiger partial charge in [-0.3, -0.25) is 20.2 Å². The summed E-state index contributed by atoms with van der Waals surface area (Å²) in [4.78, 5) is 19.8. The Labute approximate surface area is 101 Å². The second-order valence-electron chi connectivity index (χ2n) is 3.09. The summed E-state index contributed by atoms with van der Waals surface area (Å²) in [6, 6.07) is 3.33. The number of nitrogens with two attached hydrogens (primary N) is 1. The number of nitrogens with one attached hydrogen (secondary N) is 1. The quantitative estimate of drug-likeness (QED) is 0.464. The molecule has 0 aliphatic carbocycles. The summed E-state index contributed by atoms with van der Waals surface area (Å²) < 4.78 is 0. The highest BCUT2D eigenvalue weighted by Crippen LogP contribution is 2.22. The van der Waals surface area contributed by atoms with Crippen molar-refractivity contribution < 1.29 is 9.85 Å². The molecule has 0 spiro atoms. The van der Waals surface area contributed by atoms with Gasteiger partial charge in [-0.2, -0.15) is 0 Å². The van der Waals surface area contributed by atoms with E-state index in [4.69, 9.17) is 5.73 Å². The number of nitro groups is 2. The van der Waals surface area contributed by atoms with Crippen molar-refractivity contribution in [3.8, 4) is 0 Å². The molecule has 8 nitrogen and oxygen atoms in total. The largest absolute Gasteiger partial charge is 0.376 e. The summed E-state index contributed by atoms with van der Waals surface area (Å²) in [5.74, 6) is 0. The Morgan fingerprint density at radius 1 is 1.24 bits per heavy atom. The van der Waals surface area contributed by atoms with E-state index in [2.05, 4.69) is 17.5 Å². The number of benzene rings is 1. The third kappa shape index (κ3) is 3.65. The second kappa shape index (κ2) is 5.16. The molecule has 0 aromatic heterocycles. The predicted octanol–water partition coefficient (Wildman–Crippen LogP) is 0.836. The number of hydrogen-bond acceptors (Lipinski definition) is 5. The highest BCUT2D eigenvalue weighted by atomic mass is 32.1. The van der Waals surface area contributed by atoms with E-state index in [9.17, 15) is 20.2 Å². The van der Waals surface area contributed by atoms with Crippen LogP contribution in [0.4, 0.5) is 11.4 Å². The van der Waals surface area contributed by atoms with Gasteiger partial charge in [-0.05, 0) is 17.8 Å². The molecule has 90 valence electrons. The Bertz CT molecular complexity index is 458. The fraction of sp³-hybridized carbons (Fsp3) is 0.125. The van der Waals surface area contributed by atoms with Gasteiger partial charge in [0.2, 0.25) is 0 Å². The van der Waals surface area contributed by atoms with E-state index >= 15 is 0 Å². The first-order chi connectivity index (χ1) is 7.90. The third-order valence-electron chi connectivity index (χ3n) is 1.85. The lowest BCUT2D eigenvalue weighted by Gasteiger charge is -2.03. The molecule has 0 heterocycles. The minimum absolute atomic E-state index is 0.0131. The Hall–Kier alpha value is -2.29. The summed E-state index contributed by atoms with van der Waals surface area (Å²) in [5, 5.41) is 23.7. The maximum Gasteiger partial charge on any atom is 0.276 e. The van der Waals surface area contributed by atoms with Crippen molar-refractivity contribution in [1.82, 2.24) is 5.32 Å². The van der Waals surface area contributed by atoms with Gasteiger partial charge in [0, 0.05) is 18.7 Å². The van der Waals surface area contributed by atoms with E-state index < -0.39 is 9.85 Å². The minimum atomic E-state index is -0.697. The summed E-state index contributed by atoms with van der Waals surface area (Å²) >= 11 is 4.56. The van der Waals surface area contributed by atoms with Gasteiger partial charge in [0.25, 0.3) is 11.4 Å². The molecule has 0 radical (unpaired) electrons. The zero-order valence-corrected chi connectivity index (χ0v) is 9.27. The predicted molar refractivity (Wildman–Crippen MR) is 63.4 cm³/mol. The van der Waals surface area contributed by atoms with Crippen LogP contribution >= 0.6 is 12.2 Å². The fourth-order valence-electron chi connectivity index (χ4n) is 1.16. The molecule has 1 rings (SSSR count). The first-order valence-electron chi connectivity index (χ1n) is 4.36. The smallest absolute Gasteiger partial charge is 0.276 e. The Morgan fingerprint density at radius 3 is 2.06 bits per heavy atom. The van der Waals surface area contributed by atoms with Crippen LogP contribution in [-0.4, -0.2) is 15.0 Å². The monoisotopic (exact) mass is 256 g/mol. The van der Waals surface area contributed by atoms with Gasteiger partial charge in [0.05, 0.1) is 15.9 Å². The van der Waals surface area contributed by atoms with Gasteiger partial charge >= 0.3 is 0 Å². The van der Waals surface area contributed by atoms with Gasteiger partial charge < -0.3 is 11.1 Å². The van der Waals surface area contributed by atoms with E-state index in [1.807, 2.05) is 0 Å². The molecule has 0 bridgehead atoms. The molecule has 0 fully saturated rings. The molecule has 1 aromatic carbocycles. The van der Waals surface area contributed by atoms with Crippen LogP contribution in [0.5, 0.6) is 0 Å². The van der Waals surface area contributed by atoms with Crippen LogP contribution < -0.4 is 11.1 Å². The highest BCUT2D eigenvalue weighted by molar-refractivity contribution is 7.80. The standard InChI is InChI=1S/C8H8N4O4S/c9-8(17)10-4-5-1-6(11(13)14)3-7(2-5)12(15)16/h1-3H,4H2,(H3,9,10,17). The first-order valence-corrected chi connectivity index (χ1v) is 4.77. The van der Waals surface area contributed by atoms with Gasteiger partial charge in [0.15, 0.2) is 5.11 Å². The summed E-state index contributed by atoms with van der Waals surface area (Å²) in [7, 11) is 0. The summed E-state index contributed by atoms with van der Waals surface area (Å²) in [6.07, 6.45) is 0. The van der Waals surface area contributed by atoms with Crippen molar-refractivity contribution >= 4 is 28.7 Å². The molecule has 0 saturated carbocycles. The molecule has 9 heteroatoms. The van der Waals surface area contributed by atoms with Crippen LogP contribution in [0.15, 0.2) is 18.2 Å². The lowest BCUT2D eigenvalue weighted by Crippen LogP contribution is -2.28. The lowest BCUT2D eigenvalue weighted by molar-refractivity contribution is -0.394. The summed E-state index contributed by atoms with van der Waals surface area (Å²) in [5.41, 5.74) is 4.85. The van der Waals surface area contributed by atoms with Gasteiger partial charge in [-0.15, -0.1) is 0 Å². The van der Waals surface area contributed by atoms with Crippen LogP contribution in [0.2, 0.25) is 0 Å². The highest BCUT2D eigenvalue weighted by Gasteiger charge is 2.16. The fourth-order valence-corrected chi connectivity index (χ4v) is 1.23. The average molecular weight is 256 g/mol. The van der Waals surface area contributed by atoms with Crippen LogP contribution in [0.1, 0.15) is 5.56 Å². The normalized spacial score (nSPS) is 9.65.